The number of anilines is 1. The quantitative estimate of drug-likeness (QED) is 0.351. The van der Waals surface area contributed by atoms with E-state index in [-0.39, 0.29) is 0 Å². The Morgan fingerprint density at radius 2 is 1.89 bits per heavy atom. The molecule has 0 N–H and O–H groups in total. The van der Waals surface area contributed by atoms with Gasteiger partial charge in [-0.1, -0.05) is 46.3 Å². The summed E-state index contributed by atoms with van der Waals surface area (Å²) in [7, 11) is 0. The van der Waals surface area contributed by atoms with E-state index in [0.717, 1.165) is 28.4 Å². The highest BCUT2D eigenvalue weighted by Crippen LogP contribution is 2.45. The number of aromatic nitrogens is 2. The van der Waals surface area contributed by atoms with Gasteiger partial charge in [0.1, 0.15) is 0 Å². The van der Waals surface area contributed by atoms with E-state index >= 15 is 0 Å². The SMILES string of the molecule is Brc1ccc(-c2csc(N3CCn4c5c(c6ccccc64)CCCC53)n2)cc1. The number of rotatable bonds is 2. The molecule has 0 saturated heterocycles. The van der Waals surface area contributed by atoms with Gasteiger partial charge in [0.2, 0.25) is 0 Å². The highest BCUT2D eigenvalue weighted by molar-refractivity contribution is 9.10. The van der Waals surface area contributed by atoms with Crippen LogP contribution in [-0.4, -0.2) is 16.1 Å². The van der Waals surface area contributed by atoms with Crippen LogP contribution in [0.25, 0.3) is 22.2 Å². The Bertz CT molecular complexity index is 1140. The van der Waals surface area contributed by atoms with Crippen LogP contribution in [0, 0.1) is 0 Å². The molecule has 1 aliphatic heterocycles. The Hall–Kier alpha value is -2.11. The van der Waals surface area contributed by atoms with Gasteiger partial charge in [-0.25, -0.2) is 4.98 Å². The van der Waals surface area contributed by atoms with Gasteiger partial charge < -0.3 is 9.47 Å². The molecule has 0 amide bonds. The average molecular weight is 450 g/mol. The second-order valence-electron chi connectivity index (χ2n) is 7.66. The molecule has 0 fully saturated rings. The number of halogens is 1. The van der Waals surface area contributed by atoms with Crippen molar-refractivity contribution in [1.29, 1.82) is 0 Å². The van der Waals surface area contributed by atoms with Gasteiger partial charge in [-0.15, -0.1) is 11.3 Å². The summed E-state index contributed by atoms with van der Waals surface area (Å²) in [5.74, 6) is 0. The number of fused-ring (bicyclic) bond motifs is 3. The number of hydrogen-bond donors (Lipinski definition) is 0. The second kappa shape index (κ2) is 6.46. The van der Waals surface area contributed by atoms with Crippen LogP contribution < -0.4 is 4.90 Å². The fraction of sp³-hybridized carbons (Fsp3) is 0.261. The molecule has 1 aliphatic carbocycles. The first-order valence-electron chi connectivity index (χ1n) is 9.88. The highest BCUT2D eigenvalue weighted by atomic mass is 79.9. The van der Waals surface area contributed by atoms with Crippen LogP contribution in [0.15, 0.2) is 58.4 Å². The topological polar surface area (TPSA) is 21.1 Å². The van der Waals surface area contributed by atoms with E-state index in [0.29, 0.717) is 6.04 Å². The number of benzene rings is 2. The molecule has 0 bridgehead atoms. The first kappa shape index (κ1) is 16.8. The lowest BCUT2D eigenvalue weighted by atomic mass is 9.90. The summed E-state index contributed by atoms with van der Waals surface area (Å²) in [4.78, 5) is 7.59. The number of aryl methyl sites for hydroxylation is 1. The molecule has 3 heterocycles. The van der Waals surface area contributed by atoms with E-state index in [2.05, 4.69) is 79.3 Å². The molecule has 5 heteroatoms. The molecule has 0 radical (unpaired) electrons. The zero-order valence-corrected chi connectivity index (χ0v) is 17.8. The zero-order valence-electron chi connectivity index (χ0n) is 15.4. The summed E-state index contributed by atoms with van der Waals surface area (Å²) < 4.78 is 3.68. The van der Waals surface area contributed by atoms with Gasteiger partial charge in [0.05, 0.1) is 11.7 Å². The fourth-order valence-electron chi connectivity index (χ4n) is 4.93. The standard InChI is InChI=1S/C23H20BrN3S/c24-16-10-8-15(9-11-16)19-14-28-23(25-19)27-13-12-26-20-6-2-1-4-17(20)18-5-3-7-21(27)22(18)26/h1-2,4,6,8-11,14,21H,3,5,7,12-13H2. The van der Waals surface area contributed by atoms with E-state index in [1.54, 1.807) is 22.6 Å². The molecular formula is C23H20BrN3S. The molecule has 6 rings (SSSR count). The maximum Gasteiger partial charge on any atom is 0.186 e. The molecule has 2 aromatic heterocycles. The molecule has 0 spiro atoms. The number of nitrogens with zero attached hydrogens (tertiary/aromatic N) is 3. The Labute approximate surface area is 176 Å². The maximum atomic E-state index is 5.03. The summed E-state index contributed by atoms with van der Waals surface area (Å²) >= 11 is 5.30. The molecule has 1 unspecified atom stereocenters. The van der Waals surface area contributed by atoms with Crippen LogP contribution in [0.4, 0.5) is 5.13 Å². The van der Waals surface area contributed by atoms with E-state index < -0.39 is 0 Å². The van der Waals surface area contributed by atoms with Crippen LogP contribution in [0.1, 0.15) is 30.1 Å². The van der Waals surface area contributed by atoms with Crippen molar-refractivity contribution in [1.82, 2.24) is 9.55 Å². The van der Waals surface area contributed by atoms with E-state index in [4.69, 9.17) is 4.98 Å². The average Bonchev–Trinajstić information content (AvgIpc) is 3.34. The molecule has 0 saturated carbocycles. The first-order valence-corrected chi connectivity index (χ1v) is 11.5. The van der Waals surface area contributed by atoms with Gasteiger partial charge in [0.25, 0.3) is 0 Å². The lowest BCUT2D eigenvalue weighted by Gasteiger charge is -2.39. The van der Waals surface area contributed by atoms with Crippen LogP contribution in [0.2, 0.25) is 0 Å². The van der Waals surface area contributed by atoms with Crippen molar-refractivity contribution >= 4 is 43.3 Å². The van der Waals surface area contributed by atoms with Crippen molar-refractivity contribution < 1.29 is 0 Å². The lowest BCUT2D eigenvalue weighted by molar-refractivity contribution is 0.437. The first-order chi connectivity index (χ1) is 13.8. The summed E-state index contributed by atoms with van der Waals surface area (Å²) in [5, 5.41) is 4.82. The minimum Gasteiger partial charge on any atom is -0.341 e. The van der Waals surface area contributed by atoms with Gasteiger partial charge in [-0.2, -0.15) is 0 Å². The molecule has 140 valence electrons. The summed E-state index contributed by atoms with van der Waals surface area (Å²) in [5.41, 5.74) is 6.78. The Morgan fingerprint density at radius 3 is 2.79 bits per heavy atom. The van der Waals surface area contributed by atoms with E-state index in [1.807, 2.05) is 0 Å². The summed E-state index contributed by atoms with van der Waals surface area (Å²) in [6.07, 6.45) is 3.68. The van der Waals surface area contributed by atoms with Crippen LogP contribution >= 0.6 is 27.3 Å². The second-order valence-corrected chi connectivity index (χ2v) is 9.41. The Balaban J connectivity index is 1.41. The zero-order chi connectivity index (χ0) is 18.7. The monoisotopic (exact) mass is 449 g/mol. The van der Waals surface area contributed by atoms with Gasteiger partial charge in [0.15, 0.2) is 5.13 Å². The Morgan fingerprint density at radius 1 is 1.04 bits per heavy atom. The van der Waals surface area contributed by atoms with Crippen LogP contribution in [0.3, 0.4) is 0 Å². The van der Waals surface area contributed by atoms with Gasteiger partial charge >= 0.3 is 0 Å². The fourth-order valence-corrected chi connectivity index (χ4v) is 6.11. The molecule has 4 aromatic rings. The van der Waals surface area contributed by atoms with Crippen molar-refractivity contribution in [2.75, 3.05) is 11.4 Å². The lowest BCUT2D eigenvalue weighted by Crippen LogP contribution is -2.39. The normalized spacial score (nSPS) is 18.5. The predicted octanol–water partition coefficient (Wildman–Crippen LogP) is 6.42. The molecule has 28 heavy (non-hydrogen) atoms. The minimum atomic E-state index is 0.453. The molecular weight excluding hydrogens is 430 g/mol. The van der Waals surface area contributed by atoms with Crippen LogP contribution in [0.5, 0.6) is 0 Å². The Kier molecular flexibility index (Phi) is 3.88. The number of para-hydroxylation sites is 1. The number of thiazole rings is 1. The van der Waals surface area contributed by atoms with E-state index in [1.165, 1.54) is 35.7 Å². The van der Waals surface area contributed by atoms with Gasteiger partial charge in [-0.05, 0) is 43.0 Å². The molecule has 2 aromatic carbocycles. The third kappa shape index (κ3) is 2.49. The smallest absolute Gasteiger partial charge is 0.186 e. The van der Waals surface area contributed by atoms with Crippen molar-refractivity contribution in [2.45, 2.75) is 31.8 Å². The highest BCUT2D eigenvalue weighted by Gasteiger charge is 2.35. The van der Waals surface area contributed by atoms with E-state index in [9.17, 15) is 0 Å². The number of hydrogen-bond acceptors (Lipinski definition) is 3. The molecule has 1 atom stereocenters. The maximum absolute atomic E-state index is 5.03. The molecule has 3 nitrogen and oxygen atoms in total. The van der Waals surface area contributed by atoms with Crippen LogP contribution in [-0.2, 0) is 13.0 Å². The summed E-state index contributed by atoms with van der Waals surface area (Å²) in [6.45, 7) is 2.07. The molecule has 2 aliphatic rings. The minimum absolute atomic E-state index is 0.453. The van der Waals surface area contributed by atoms with Gasteiger partial charge in [0, 0.05) is 45.1 Å². The van der Waals surface area contributed by atoms with Crippen molar-refractivity contribution in [2.24, 2.45) is 0 Å². The largest absolute Gasteiger partial charge is 0.341 e. The van der Waals surface area contributed by atoms with Crippen molar-refractivity contribution in [3.63, 3.8) is 0 Å². The van der Waals surface area contributed by atoms with Crippen molar-refractivity contribution in [3.8, 4) is 11.3 Å². The van der Waals surface area contributed by atoms with Crippen molar-refractivity contribution in [3.05, 3.63) is 69.6 Å². The summed E-state index contributed by atoms with van der Waals surface area (Å²) in [6, 6.07) is 17.8. The third-order valence-corrected chi connectivity index (χ3v) is 7.56. The van der Waals surface area contributed by atoms with Gasteiger partial charge in [-0.3, -0.25) is 0 Å². The third-order valence-electron chi connectivity index (χ3n) is 6.16. The predicted molar refractivity (Wildman–Crippen MR) is 120 cm³/mol.